The SMILES string of the molecule is Cc1ccc(-n2c(CCCl)nc3ccccc32)cc1. The van der Waals surface area contributed by atoms with E-state index in [9.17, 15) is 0 Å². The van der Waals surface area contributed by atoms with E-state index in [-0.39, 0.29) is 0 Å². The molecule has 0 unspecified atom stereocenters. The Morgan fingerprint density at radius 1 is 1.05 bits per heavy atom. The Morgan fingerprint density at radius 3 is 2.53 bits per heavy atom. The van der Waals surface area contributed by atoms with Crippen molar-refractivity contribution in [3.63, 3.8) is 0 Å². The summed E-state index contributed by atoms with van der Waals surface area (Å²) in [5.41, 5.74) is 4.54. The van der Waals surface area contributed by atoms with Crippen molar-refractivity contribution in [3.05, 3.63) is 59.9 Å². The number of fused-ring (bicyclic) bond motifs is 1. The zero-order valence-electron chi connectivity index (χ0n) is 10.8. The molecule has 0 atom stereocenters. The number of hydrogen-bond donors (Lipinski definition) is 0. The molecule has 2 aromatic carbocycles. The van der Waals surface area contributed by atoms with Crippen LogP contribution in [0.2, 0.25) is 0 Å². The first-order valence-electron chi connectivity index (χ1n) is 6.39. The van der Waals surface area contributed by atoms with E-state index < -0.39 is 0 Å². The van der Waals surface area contributed by atoms with Gasteiger partial charge in [0.2, 0.25) is 0 Å². The number of halogens is 1. The molecule has 96 valence electrons. The fourth-order valence-electron chi connectivity index (χ4n) is 2.31. The van der Waals surface area contributed by atoms with Crippen LogP contribution in [-0.2, 0) is 6.42 Å². The van der Waals surface area contributed by atoms with Crippen LogP contribution in [-0.4, -0.2) is 15.4 Å². The predicted octanol–water partition coefficient (Wildman–Crippen LogP) is 4.12. The van der Waals surface area contributed by atoms with E-state index in [1.165, 1.54) is 5.56 Å². The fraction of sp³-hybridized carbons (Fsp3) is 0.188. The van der Waals surface area contributed by atoms with Crippen molar-refractivity contribution in [1.29, 1.82) is 0 Å². The average Bonchev–Trinajstić information content (AvgIpc) is 2.78. The highest BCUT2D eigenvalue weighted by atomic mass is 35.5. The van der Waals surface area contributed by atoms with Crippen LogP contribution in [0.5, 0.6) is 0 Å². The lowest BCUT2D eigenvalue weighted by molar-refractivity contribution is 0.912. The molecule has 0 spiro atoms. The molecule has 3 heteroatoms. The second-order valence-corrected chi connectivity index (χ2v) is 5.00. The molecule has 2 nitrogen and oxygen atoms in total. The second-order valence-electron chi connectivity index (χ2n) is 4.63. The van der Waals surface area contributed by atoms with Gasteiger partial charge < -0.3 is 0 Å². The van der Waals surface area contributed by atoms with Gasteiger partial charge in [0, 0.05) is 18.0 Å². The van der Waals surface area contributed by atoms with Gasteiger partial charge in [0.05, 0.1) is 11.0 Å². The third-order valence-corrected chi connectivity index (χ3v) is 3.43. The number of aryl methyl sites for hydroxylation is 2. The summed E-state index contributed by atoms with van der Waals surface area (Å²) in [6.45, 7) is 2.09. The number of nitrogens with zero attached hydrogens (tertiary/aromatic N) is 2. The molecule has 0 saturated carbocycles. The summed E-state index contributed by atoms with van der Waals surface area (Å²) in [6, 6.07) is 16.7. The molecular weight excluding hydrogens is 256 g/mol. The molecule has 3 aromatic rings. The van der Waals surface area contributed by atoms with E-state index in [4.69, 9.17) is 11.6 Å². The molecule has 0 fully saturated rings. The highest BCUT2D eigenvalue weighted by Crippen LogP contribution is 2.22. The van der Waals surface area contributed by atoms with Crippen LogP contribution in [0, 0.1) is 6.92 Å². The van der Waals surface area contributed by atoms with Crippen molar-refractivity contribution in [2.24, 2.45) is 0 Å². The summed E-state index contributed by atoms with van der Waals surface area (Å²) in [4.78, 5) is 4.68. The normalized spacial score (nSPS) is 11.1. The number of imidazole rings is 1. The first kappa shape index (κ1) is 12.2. The molecule has 0 N–H and O–H groups in total. The van der Waals surface area contributed by atoms with Gasteiger partial charge in [-0.2, -0.15) is 0 Å². The van der Waals surface area contributed by atoms with Crippen LogP contribution in [0.15, 0.2) is 48.5 Å². The Labute approximate surface area is 117 Å². The summed E-state index contributed by atoms with van der Waals surface area (Å²) in [5.74, 6) is 1.59. The first-order valence-corrected chi connectivity index (χ1v) is 6.92. The Balaban J connectivity index is 2.24. The van der Waals surface area contributed by atoms with E-state index >= 15 is 0 Å². The number of benzene rings is 2. The summed E-state index contributed by atoms with van der Waals surface area (Å²) in [6.07, 6.45) is 0.768. The van der Waals surface area contributed by atoms with Crippen LogP contribution in [0.25, 0.3) is 16.7 Å². The summed E-state index contributed by atoms with van der Waals surface area (Å²) in [5, 5.41) is 0. The van der Waals surface area contributed by atoms with Crippen molar-refractivity contribution in [2.45, 2.75) is 13.3 Å². The third-order valence-electron chi connectivity index (χ3n) is 3.24. The van der Waals surface area contributed by atoms with Crippen molar-refractivity contribution in [1.82, 2.24) is 9.55 Å². The smallest absolute Gasteiger partial charge is 0.115 e. The average molecular weight is 271 g/mol. The van der Waals surface area contributed by atoms with Crippen molar-refractivity contribution in [3.8, 4) is 5.69 Å². The molecule has 19 heavy (non-hydrogen) atoms. The van der Waals surface area contributed by atoms with Gasteiger partial charge in [-0.15, -0.1) is 11.6 Å². The lowest BCUT2D eigenvalue weighted by Gasteiger charge is -2.08. The van der Waals surface area contributed by atoms with E-state index in [0.717, 1.165) is 29.0 Å². The van der Waals surface area contributed by atoms with E-state index in [1.807, 2.05) is 18.2 Å². The second kappa shape index (κ2) is 5.06. The molecule has 0 amide bonds. The Kier molecular flexibility index (Phi) is 3.26. The Hall–Kier alpha value is -1.80. The van der Waals surface area contributed by atoms with Gasteiger partial charge in [0.1, 0.15) is 5.82 Å². The molecule has 0 aliphatic rings. The molecule has 0 bridgehead atoms. The molecule has 1 heterocycles. The van der Waals surface area contributed by atoms with Gasteiger partial charge in [-0.25, -0.2) is 4.98 Å². The maximum Gasteiger partial charge on any atom is 0.115 e. The van der Waals surface area contributed by atoms with Crippen molar-refractivity contribution < 1.29 is 0 Å². The first-order chi connectivity index (χ1) is 9.29. The summed E-state index contributed by atoms with van der Waals surface area (Å²) in [7, 11) is 0. The summed E-state index contributed by atoms with van der Waals surface area (Å²) >= 11 is 5.89. The number of aromatic nitrogens is 2. The quantitative estimate of drug-likeness (QED) is 0.655. The van der Waals surface area contributed by atoms with Crippen LogP contribution in [0.3, 0.4) is 0 Å². The standard InChI is InChI=1S/C16H15ClN2/c1-12-6-8-13(9-7-12)19-15-5-3-2-4-14(15)18-16(19)10-11-17/h2-9H,10-11H2,1H3. The minimum atomic E-state index is 0.579. The number of para-hydroxylation sites is 2. The van der Waals surface area contributed by atoms with Crippen LogP contribution < -0.4 is 0 Å². The van der Waals surface area contributed by atoms with Crippen molar-refractivity contribution >= 4 is 22.6 Å². The highest BCUT2D eigenvalue weighted by Gasteiger charge is 2.11. The minimum absolute atomic E-state index is 0.579. The number of alkyl halides is 1. The molecule has 0 aliphatic carbocycles. The van der Waals surface area contributed by atoms with E-state index in [1.54, 1.807) is 0 Å². The van der Waals surface area contributed by atoms with Crippen LogP contribution in [0.4, 0.5) is 0 Å². The molecule has 1 aromatic heterocycles. The largest absolute Gasteiger partial charge is 0.296 e. The molecule has 0 aliphatic heterocycles. The maximum atomic E-state index is 5.89. The zero-order chi connectivity index (χ0) is 13.2. The predicted molar refractivity (Wildman–Crippen MR) is 80.2 cm³/mol. The van der Waals surface area contributed by atoms with Gasteiger partial charge in [-0.1, -0.05) is 29.8 Å². The Bertz CT molecular complexity index is 698. The van der Waals surface area contributed by atoms with Gasteiger partial charge in [-0.05, 0) is 31.2 Å². The van der Waals surface area contributed by atoms with Crippen LogP contribution >= 0.6 is 11.6 Å². The van der Waals surface area contributed by atoms with Crippen molar-refractivity contribution in [2.75, 3.05) is 5.88 Å². The molecule has 0 radical (unpaired) electrons. The minimum Gasteiger partial charge on any atom is -0.296 e. The zero-order valence-corrected chi connectivity index (χ0v) is 11.6. The van der Waals surface area contributed by atoms with Gasteiger partial charge in [0.25, 0.3) is 0 Å². The maximum absolute atomic E-state index is 5.89. The van der Waals surface area contributed by atoms with Gasteiger partial charge in [0.15, 0.2) is 0 Å². The highest BCUT2D eigenvalue weighted by molar-refractivity contribution is 6.17. The van der Waals surface area contributed by atoms with Gasteiger partial charge in [-0.3, -0.25) is 4.57 Å². The molecule has 0 saturated heterocycles. The number of hydrogen-bond acceptors (Lipinski definition) is 1. The lowest BCUT2D eigenvalue weighted by atomic mass is 10.2. The monoisotopic (exact) mass is 270 g/mol. The van der Waals surface area contributed by atoms with Crippen LogP contribution in [0.1, 0.15) is 11.4 Å². The van der Waals surface area contributed by atoms with E-state index in [2.05, 4.69) is 46.8 Å². The molecular formula is C16H15ClN2. The third kappa shape index (κ3) is 2.24. The number of rotatable bonds is 3. The van der Waals surface area contributed by atoms with Gasteiger partial charge >= 0.3 is 0 Å². The topological polar surface area (TPSA) is 17.8 Å². The summed E-state index contributed by atoms with van der Waals surface area (Å²) < 4.78 is 2.19. The fourth-order valence-corrected chi connectivity index (χ4v) is 2.48. The molecule has 3 rings (SSSR count). The lowest BCUT2D eigenvalue weighted by Crippen LogP contribution is -2.02. The van der Waals surface area contributed by atoms with E-state index in [0.29, 0.717) is 5.88 Å². The Morgan fingerprint density at radius 2 is 1.79 bits per heavy atom.